The Bertz CT molecular complexity index is 3650. The van der Waals surface area contributed by atoms with E-state index < -0.39 is 31.7 Å². The fourth-order valence-electron chi connectivity index (χ4n) is 11.4. The molecule has 0 bridgehead atoms. The van der Waals surface area contributed by atoms with Gasteiger partial charge in [-0.3, -0.25) is 0 Å². The normalized spacial score (nSPS) is 11.3. The van der Waals surface area contributed by atoms with E-state index in [4.69, 9.17) is 0 Å². The molecular formula is C91H77BrP4Pd. The maximum absolute atomic E-state index is 3.48. The van der Waals surface area contributed by atoms with Crippen LogP contribution in [0.4, 0.5) is 0 Å². The van der Waals surface area contributed by atoms with Crippen LogP contribution in [0.1, 0.15) is 29.2 Å². The number of hydrogen-bond donors (Lipinski definition) is 0. The molecule has 16 rings (SSSR count). The molecule has 14 aromatic carbocycles. The van der Waals surface area contributed by atoms with Crippen molar-refractivity contribution in [1.29, 1.82) is 0 Å². The van der Waals surface area contributed by atoms with Crippen molar-refractivity contribution in [1.82, 2.24) is 0 Å². The molecule has 0 unspecified atom stereocenters. The number of halogens is 1. The number of fused-ring (bicyclic) bond motifs is 2. The minimum absolute atomic E-state index is 0. The predicted octanol–water partition coefficient (Wildman–Crippen LogP) is 19.4. The second-order valence-corrected chi connectivity index (χ2v) is 32.6. The molecule has 97 heavy (non-hydrogen) atoms. The summed E-state index contributed by atoms with van der Waals surface area (Å²) in [5.41, 5.74) is 7.13. The van der Waals surface area contributed by atoms with Gasteiger partial charge in [0.1, 0.15) is 0 Å². The van der Waals surface area contributed by atoms with Gasteiger partial charge in [-0.25, -0.2) is 0 Å². The van der Waals surface area contributed by atoms with Gasteiger partial charge in [0, 0.05) is 31.3 Å². The summed E-state index contributed by atoms with van der Waals surface area (Å²) in [6.45, 7) is 2.18. The van der Waals surface area contributed by atoms with E-state index in [0.29, 0.717) is 0 Å². The molecule has 0 heterocycles. The smallest absolute Gasteiger partial charge is 0.00468 e. The van der Waals surface area contributed by atoms with Gasteiger partial charge >= 0.3 is 0 Å². The topological polar surface area (TPSA) is 0 Å². The SMILES string of the molecule is BrC1=Cc2ccccc2C1.CC1=Cc2ccccc2C1.[Pd].c1ccc(P(c2ccccc2)c2ccccc2)cc1.c1ccc(P(c2ccccc2)c2ccccc2)cc1.c1ccc(P(c2ccccc2)c2ccccc2)cc1.c1ccc(P(c2ccccc2)c2ccccc2)cc1. The monoisotopic (exact) mass is 1480 g/mol. The Labute approximate surface area is 603 Å². The molecule has 0 aromatic heterocycles. The molecule has 0 aliphatic heterocycles. The van der Waals surface area contributed by atoms with Crippen LogP contribution >= 0.6 is 47.6 Å². The van der Waals surface area contributed by atoms with Gasteiger partial charge in [-0.05, 0) is 137 Å². The molecule has 0 fully saturated rings. The van der Waals surface area contributed by atoms with Crippen LogP contribution in [0.2, 0.25) is 0 Å². The Morgan fingerprint density at radius 3 is 0.526 bits per heavy atom. The number of allylic oxidation sites excluding steroid dienone is 2. The zero-order valence-corrected chi connectivity index (χ0v) is 61.0. The fraction of sp³-hybridized carbons (Fsp3) is 0.0330. The van der Waals surface area contributed by atoms with Crippen molar-refractivity contribution in [3.8, 4) is 0 Å². The average Bonchev–Trinajstić information content (AvgIpc) is 2.02. The molecule has 2 aliphatic carbocycles. The Balaban J connectivity index is 0.000000128. The van der Waals surface area contributed by atoms with Gasteiger partial charge in [-0.2, -0.15) is 0 Å². The molecule has 2 aliphatic rings. The van der Waals surface area contributed by atoms with Gasteiger partial charge in [0.05, 0.1) is 0 Å². The van der Waals surface area contributed by atoms with Crippen LogP contribution in [0, 0.1) is 0 Å². The second kappa shape index (κ2) is 39.0. The predicted molar refractivity (Wildman–Crippen MR) is 431 cm³/mol. The van der Waals surface area contributed by atoms with Gasteiger partial charge in [0.2, 0.25) is 0 Å². The molecule has 0 radical (unpaired) electrons. The van der Waals surface area contributed by atoms with E-state index in [1.54, 1.807) is 0 Å². The first kappa shape index (κ1) is 71.2. The summed E-state index contributed by atoms with van der Waals surface area (Å²) in [7, 11) is -1.78. The van der Waals surface area contributed by atoms with Crippen molar-refractivity contribution < 1.29 is 20.4 Å². The first-order chi connectivity index (χ1) is 47.5. The summed E-state index contributed by atoms with van der Waals surface area (Å²) in [6, 6.07) is 146. The molecule has 0 amide bonds. The van der Waals surface area contributed by atoms with Crippen molar-refractivity contribution >= 4 is 123 Å². The molecule has 0 saturated heterocycles. The van der Waals surface area contributed by atoms with Crippen LogP contribution in [-0.4, -0.2) is 0 Å². The van der Waals surface area contributed by atoms with Crippen molar-refractivity contribution in [2.24, 2.45) is 0 Å². The van der Waals surface area contributed by atoms with E-state index in [0.717, 1.165) is 12.8 Å². The fourth-order valence-corrected chi connectivity index (χ4v) is 21.2. The van der Waals surface area contributed by atoms with Crippen LogP contribution in [-0.2, 0) is 33.3 Å². The summed E-state index contributed by atoms with van der Waals surface area (Å²) < 4.78 is 1.29. The van der Waals surface area contributed by atoms with Crippen LogP contribution in [0.15, 0.2) is 423 Å². The standard InChI is InChI=1S/4C18H15P.C10H10.C9H7Br.Pd/c4*1-4-10-16(11-5-1)19(17-12-6-2-7-13-17)18-14-8-3-9-15-18;1-8-6-9-4-2-3-5-10(9)7-8;10-9-5-7-3-1-2-4-8(7)6-9;/h4*1-15H;2-6H,7H2,1H3;1-5H,6H2;. The van der Waals surface area contributed by atoms with E-state index in [1.807, 2.05) is 0 Å². The van der Waals surface area contributed by atoms with E-state index in [9.17, 15) is 0 Å². The molecule has 478 valence electrons. The van der Waals surface area contributed by atoms with Crippen LogP contribution in [0.5, 0.6) is 0 Å². The van der Waals surface area contributed by atoms with Crippen molar-refractivity contribution in [3.05, 3.63) is 445 Å². The summed E-state index contributed by atoms with van der Waals surface area (Å²) in [6.07, 6.45) is 6.65. The first-order valence-corrected chi connectivity index (χ1v) is 38.7. The number of hydrogen-bond acceptors (Lipinski definition) is 0. The van der Waals surface area contributed by atoms with Gasteiger partial charge in [0.15, 0.2) is 0 Å². The van der Waals surface area contributed by atoms with Crippen LogP contribution in [0.25, 0.3) is 12.2 Å². The van der Waals surface area contributed by atoms with Crippen molar-refractivity contribution in [2.45, 2.75) is 19.8 Å². The third kappa shape index (κ3) is 21.2. The molecule has 0 spiro atoms. The third-order valence-electron chi connectivity index (χ3n) is 15.8. The van der Waals surface area contributed by atoms with E-state index in [2.05, 4.69) is 448 Å². The first-order valence-electron chi connectivity index (χ1n) is 32.5. The van der Waals surface area contributed by atoms with E-state index in [-0.39, 0.29) is 20.4 Å². The summed E-state index contributed by atoms with van der Waals surface area (Å²) in [5.74, 6) is 0. The molecule has 0 atom stereocenters. The Morgan fingerprint density at radius 2 is 0.351 bits per heavy atom. The molecule has 0 N–H and O–H groups in total. The summed E-state index contributed by atoms with van der Waals surface area (Å²) in [5, 5.41) is 16.8. The largest absolute Gasteiger partial charge is 0.0683 e. The van der Waals surface area contributed by atoms with Gasteiger partial charge in [0.25, 0.3) is 0 Å². The summed E-state index contributed by atoms with van der Waals surface area (Å²) in [4.78, 5) is 0. The van der Waals surface area contributed by atoms with Gasteiger partial charge < -0.3 is 0 Å². The number of rotatable bonds is 12. The molecule has 0 saturated carbocycles. The Hall–Kier alpha value is -8.58. The molecule has 0 nitrogen and oxygen atoms in total. The second-order valence-electron chi connectivity index (χ2n) is 22.7. The van der Waals surface area contributed by atoms with Gasteiger partial charge in [-0.1, -0.05) is 440 Å². The Morgan fingerprint density at radius 1 is 0.196 bits per heavy atom. The van der Waals surface area contributed by atoms with Gasteiger partial charge in [-0.15, -0.1) is 0 Å². The number of benzene rings is 14. The minimum atomic E-state index is -0.446. The summed E-state index contributed by atoms with van der Waals surface area (Å²) >= 11 is 3.48. The Kier molecular flexibility index (Phi) is 28.6. The van der Waals surface area contributed by atoms with Crippen LogP contribution in [0.3, 0.4) is 0 Å². The van der Waals surface area contributed by atoms with Crippen molar-refractivity contribution in [2.75, 3.05) is 0 Å². The van der Waals surface area contributed by atoms with E-state index in [1.165, 1.54) is 96.0 Å². The zero-order chi connectivity index (χ0) is 65.6. The van der Waals surface area contributed by atoms with Crippen molar-refractivity contribution in [3.63, 3.8) is 0 Å². The average molecular weight is 1480 g/mol. The van der Waals surface area contributed by atoms with Crippen LogP contribution < -0.4 is 63.7 Å². The molecular weight excluding hydrogens is 1400 g/mol. The third-order valence-corrected chi connectivity index (χ3v) is 26.1. The maximum Gasteiger partial charge on any atom is 0.00468 e. The minimum Gasteiger partial charge on any atom is -0.0683 e. The zero-order valence-electron chi connectivity index (χ0n) is 54.3. The van der Waals surface area contributed by atoms with E-state index >= 15 is 0 Å². The quantitative estimate of drug-likeness (QED) is 0.0845. The molecule has 6 heteroatoms. The maximum atomic E-state index is 3.48. The molecule has 14 aromatic rings.